The van der Waals surface area contributed by atoms with Crippen molar-refractivity contribution in [3.8, 4) is 0 Å². The summed E-state index contributed by atoms with van der Waals surface area (Å²) in [6.07, 6.45) is 2.69. The maximum Gasteiger partial charge on any atom is 0.326 e. The van der Waals surface area contributed by atoms with E-state index in [1.54, 1.807) is 12.0 Å². The molecule has 3 atom stereocenters. The number of hydrogen-bond acceptors (Lipinski definition) is 3. The molecule has 1 rings (SSSR count). The number of carbonyl (C=O) groups is 2. The van der Waals surface area contributed by atoms with Crippen molar-refractivity contribution in [3.05, 3.63) is 0 Å². The number of nitrogens with one attached hydrogen (secondary N) is 1. The molecule has 2 unspecified atom stereocenters. The Morgan fingerprint density at radius 1 is 1.50 bits per heavy atom. The zero-order valence-corrected chi connectivity index (χ0v) is 12.6. The smallest absolute Gasteiger partial charge is 0.326 e. The summed E-state index contributed by atoms with van der Waals surface area (Å²) in [6, 6.07) is -1.10. The van der Waals surface area contributed by atoms with Gasteiger partial charge in [0.1, 0.15) is 6.04 Å². The lowest BCUT2D eigenvalue weighted by atomic mass is 9.98. The molecule has 1 fully saturated rings. The van der Waals surface area contributed by atoms with E-state index in [-0.39, 0.29) is 11.9 Å². The number of carboxylic acid groups (broad SMARTS) is 1. The van der Waals surface area contributed by atoms with Crippen molar-refractivity contribution in [2.75, 3.05) is 26.8 Å². The summed E-state index contributed by atoms with van der Waals surface area (Å²) in [4.78, 5) is 25.1. The van der Waals surface area contributed by atoms with E-state index in [9.17, 15) is 14.7 Å². The fourth-order valence-electron chi connectivity index (χ4n) is 2.53. The highest BCUT2D eigenvalue weighted by Gasteiger charge is 2.29. The van der Waals surface area contributed by atoms with Gasteiger partial charge >= 0.3 is 12.0 Å². The number of ether oxygens (including phenoxy) is 1. The molecule has 0 radical (unpaired) electrons. The van der Waals surface area contributed by atoms with Gasteiger partial charge in [-0.05, 0) is 18.8 Å². The first-order chi connectivity index (χ1) is 9.49. The second kappa shape index (κ2) is 8.09. The van der Waals surface area contributed by atoms with E-state index in [0.717, 1.165) is 12.8 Å². The maximum atomic E-state index is 12.2. The lowest BCUT2D eigenvalue weighted by Gasteiger charge is -2.33. The van der Waals surface area contributed by atoms with Gasteiger partial charge in [-0.25, -0.2) is 9.59 Å². The van der Waals surface area contributed by atoms with Crippen LogP contribution in [0.5, 0.6) is 0 Å². The Kier molecular flexibility index (Phi) is 6.78. The molecule has 20 heavy (non-hydrogen) atoms. The Balaban J connectivity index is 2.57. The van der Waals surface area contributed by atoms with Crippen molar-refractivity contribution in [2.24, 2.45) is 11.8 Å². The average Bonchev–Trinajstić information content (AvgIpc) is 2.44. The van der Waals surface area contributed by atoms with Crippen LogP contribution in [0.15, 0.2) is 0 Å². The molecule has 1 aliphatic heterocycles. The van der Waals surface area contributed by atoms with Crippen molar-refractivity contribution >= 4 is 12.0 Å². The molecular weight excluding hydrogens is 260 g/mol. The van der Waals surface area contributed by atoms with Crippen LogP contribution in [0.25, 0.3) is 0 Å². The van der Waals surface area contributed by atoms with E-state index in [0.29, 0.717) is 32.0 Å². The highest BCUT2D eigenvalue weighted by molar-refractivity contribution is 5.82. The molecule has 0 aliphatic carbocycles. The first kappa shape index (κ1) is 16.8. The molecular formula is C14H26N2O4. The summed E-state index contributed by atoms with van der Waals surface area (Å²) < 4.78 is 5.13. The molecule has 0 spiro atoms. The molecule has 0 aromatic carbocycles. The summed E-state index contributed by atoms with van der Waals surface area (Å²) in [7, 11) is 1.66. The van der Waals surface area contributed by atoms with Crippen molar-refractivity contribution < 1.29 is 19.4 Å². The van der Waals surface area contributed by atoms with E-state index in [1.807, 2.05) is 13.8 Å². The van der Waals surface area contributed by atoms with E-state index in [1.165, 1.54) is 0 Å². The van der Waals surface area contributed by atoms with Crippen LogP contribution in [0.2, 0.25) is 0 Å². The Labute approximate surface area is 120 Å². The summed E-state index contributed by atoms with van der Waals surface area (Å²) in [5.41, 5.74) is 0. The largest absolute Gasteiger partial charge is 0.480 e. The standard InChI is InChI=1S/C14H26N2O4/c1-4-10(2)12(13(17)18)15-14(19)16-7-5-6-11(8-16)9-20-3/h10-12H,4-9H2,1-3H3,(H,15,19)(H,17,18)/t10?,11?,12-/m0/s1. The van der Waals surface area contributed by atoms with Crippen LogP contribution in [0, 0.1) is 11.8 Å². The SMILES string of the molecule is CCC(C)[C@H](NC(=O)N1CCCC(COC)C1)C(=O)O. The summed E-state index contributed by atoms with van der Waals surface area (Å²) >= 11 is 0. The summed E-state index contributed by atoms with van der Waals surface area (Å²) in [5, 5.41) is 11.9. The average molecular weight is 286 g/mol. The van der Waals surface area contributed by atoms with Crippen molar-refractivity contribution in [1.82, 2.24) is 10.2 Å². The lowest BCUT2D eigenvalue weighted by Crippen LogP contribution is -2.53. The number of methoxy groups -OCH3 is 1. The first-order valence-electron chi connectivity index (χ1n) is 7.26. The van der Waals surface area contributed by atoms with Gasteiger partial charge in [-0.15, -0.1) is 0 Å². The fraction of sp³-hybridized carbons (Fsp3) is 0.857. The predicted octanol–water partition coefficient (Wildman–Crippen LogP) is 1.55. The lowest BCUT2D eigenvalue weighted by molar-refractivity contribution is -0.140. The topological polar surface area (TPSA) is 78.9 Å². The number of amides is 2. The molecule has 6 nitrogen and oxygen atoms in total. The van der Waals surface area contributed by atoms with Crippen LogP contribution in [-0.4, -0.2) is 54.9 Å². The third-order valence-electron chi connectivity index (χ3n) is 3.97. The van der Waals surface area contributed by atoms with E-state index in [2.05, 4.69) is 5.32 Å². The van der Waals surface area contributed by atoms with Crippen molar-refractivity contribution in [3.63, 3.8) is 0 Å². The van der Waals surface area contributed by atoms with Gasteiger partial charge in [0.15, 0.2) is 0 Å². The van der Waals surface area contributed by atoms with Crippen molar-refractivity contribution in [1.29, 1.82) is 0 Å². The van der Waals surface area contributed by atoms with Gasteiger partial charge in [0.2, 0.25) is 0 Å². The molecule has 0 aromatic heterocycles. The second-order valence-electron chi connectivity index (χ2n) is 5.56. The Morgan fingerprint density at radius 3 is 2.75 bits per heavy atom. The fourth-order valence-corrected chi connectivity index (χ4v) is 2.53. The zero-order valence-electron chi connectivity index (χ0n) is 12.6. The molecule has 2 amide bonds. The van der Waals surface area contributed by atoms with Crippen LogP contribution in [-0.2, 0) is 9.53 Å². The molecule has 1 saturated heterocycles. The number of urea groups is 1. The van der Waals surface area contributed by atoms with Gasteiger partial charge in [-0.3, -0.25) is 0 Å². The monoisotopic (exact) mass is 286 g/mol. The minimum absolute atomic E-state index is 0.0870. The van der Waals surface area contributed by atoms with Gasteiger partial charge in [0.25, 0.3) is 0 Å². The van der Waals surface area contributed by atoms with Crippen LogP contribution < -0.4 is 5.32 Å². The number of piperidine rings is 1. The van der Waals surface area contributed by atoms with Crippen molar-refractivity contribution in [2.45, 2.75) is 39.2 Å². The number of nitrogens with zero attached hydrogens (tertiary/aromatic N) is 1. The molecule has 116 valence electrons. The third-order valence-corrected chi connectivity index (χ3v) is 3.97. The molecule has 0 bridgehead atoms. The zero-order chi connectivity index (χ0) is 15.1. The molecule has 0 saturated carbocycles. The highest BCUT2D eigenvalue weighted by atomic mass is 16.5. The normalized spacial score (nSPS) is 22.1. The number of carbonyl (C=O) groups excluding carboxylic acids is 1. The Hall–Kier alpha value is -1.30. The predicted molar refractivity (Wildman–Crippen MR) is 75.6 cm³/mol. The van der Waals surface area contributed by atoms with Gasteiger partial charge < -0.3 is 20.1 Å². The van der Waals surface area contributed by atoms with Gasteiger partial charge in [0, 0.05) is 26.1 Å². The van der Waals surface area contributed by atoms with Crippen LogP contribution >= 0.6 is 0 Å². The molecule has 2 N–H and O–H groups in total. The van der Waals surface area contributed by atoms with Gasteiger partial charge in [-0.2, -0.15) is 0 Å². The summed E-state index contributed by atoms with van der Waals surface area (Å²) in [5.74, 6) is -0.722. The van der Waals surface area contributed by atoms with E-state index < -0.39 is 12.0 Å². The first-order valence-corrected chi connectivity index (χ1v) is 7.26. The number of aliphatic carboxylic acids is 1. The van der Waals surface area contributed by atoms with Crippen LogP contribution in [0.4, 0.5) is 4.79 Å². The highest BCUT2D eigenvalue weighted by Crippen LogP contribution is 2.17. The van der Waals surface area contributed by atoms with E-state index in [4.69, 9.17) is 4.74 Å². The number of likely N-dealkylation sites (tertiary alicyclic amines) is 1. The van der Waals surface area contributed by atoms with Crippen LogP contribution in [0.1, 0.15) is 33.1 Å². The number of rotatable bonds is 6. The Morgan fingerprint density at radius 2 is 2.20 bits per heavy atom. The number of carboxylic acids is 1. The summed E-state index contributed by atoms with van der Waals surface area (Å²) in [6.45, 7) is 5.70. The van der Waals surface area contributed by atoms with Gasteiger partial charge in [-0.1, -0.05) is 20.3 Å². The number of hydrogen-bond donors (Lipinski definition) is 2. The minimum Gasteiger partial charge on any atom is -0.480 e. The molecule has 6 heteroatoms. The van der Waals surface area contributed by atoms with Crippen LogP contribution in [0.3, 0.4) is 0 Å². The molecule has 0 aromatic rings. The molecule has 1 heterocycles. The van der Waals surface area contributed by atoms with E-state index >= 15 is 0 Å². The minimum atomic E-state index is -0.974. The Bertz CT molecular complexity index is 333. The second-order valence-corrected chi connectivity index (χ2v) is 5.56. The maximum absolute atomic E-state index is 12.2. The quantitative estimate of drug-likeness (QED) is 0.776. The third kappa shape index (κ3) is 4.67. The van der Waals surface area contributed by atoms with Gasteiger partial charge in [0.05, 0.1) is 6.61 Å². The molecule has 1 aliphatic rings.